The number of thiazole rings is 1. The number of benzene rings is 1. The van der Waals surface area contributed by atoms with Crippen molar-refractivity contribution >= 4 is 45.3 Å². The monoisotopic (exact) mass is 414 g/mol. The van der Waals surface area contributed by atoms with E-state index in [0.717, 1.165) is 11.3 Å². The van der Waals surface area contributed by atoms with Gasteiger partial charge in [0.1, 0.15) is 23.1 Å². The van der Waals surface area contributed by atoms with E-state index in [1.54, 1.807) is 36.0 Å². The summed E-state index contributed by atoms with van der Waals surface area (Å²) in [6, 6.07) is 5.86. The van der Waals surface area contributed by atoms with Gasteiger partial charge in [-0.05, 0) is 31.2 Å². The molecule has 2 aromatic heterocycles. The van der Waals surface area contributed by atoms with Crippen LogP contribution in [0.15, 0.2) is 47.1 Å². The Labute approximate surface area is 167 Å². The molecule has 3 heterocycles. The number of hydrogen-bond acceptors (Lipinski definition) is 9. The molecule has 142 valence electrons. The van der Waals surface area contributed by atoms with Crippen LogP contribution in [0, 0.1) is 0 Å². The van der Waals surface area contributed by atoms with Crippen molar-refractivity contribution in [3.05, 3.63) is 57.5 Å². The second-order valence-corrected chi connectivity index (χ2v) is 7.48. The first-order valence-corrected chi connectivity index (χ1v) is 10.1. The van der Waals surface area contributed by atoms with Gasteiger partial charge < -0.3 is 9.84 Å². The smallest absolute Gasteiger partial charge is 0.301 e. The highest BCUT2D eigenvalue weighted by molar-refractivity contribution is 7.13. The van der Waals surface area contributed by atoms with Gasteiger partial charge in [-0.2, -0.15) is 0 Å². The fraction of sp³-hybridized carbons (Fsp3) is 0.167. The standard InChI is InChI=1S/C18H14N4O4S2/c1-2-26-11-5-3-10(4-6-11)15(23)13-14(12-7-19-8-27-12)22(17(25)16(13)24)18-21-20-9-28-18/h3-9,14,23H,2H2,1H3/b15-13+. The molecule has 0 saturated carbocycles. The third kappa shape index (κ3) is 3.06. The van der Waals surface area contributed by atoms with E-state index in [9.17, 15) is 14.7 Å². The van der Waals surface area contributed by atoms with Crippen LogP contribution < -0.4 is 9.64 Å². The topological polar surface area (TPSA) is 106 Å². The van der Waals surface area contributed by atoms with Crippen molar-refractivity contribution in [2.75, 3.05) is 11.5 Å². The molecule has 1 aliphatic heterocycles. The third-order valence-corrected chi connectivity index (χ3v) is 5.68. The number of nitrogens with zero attached hydrogens (tertiary/aromatic N) is 4. The van der Waals surface area contributed by atoms with Gasteiger partial charge >= 0.3 is 5.91 Å². The molecule has 0 aliphatic carbocycles. The maximum absolute atomic E-state index is 12.8. The van der Waals surface area contributed by atoms with Crippen molar-refractivity contribution in [2.24, 2.45) is 0 Å². The number of aliphatic hydroxyl groups is 1. The molecule has 8 nitrogen and oxygen atoms in total. The molecular weight excluding hydrogens is 400 g/mol. The lowest BCUT2D eigenvalue weighted by atomic mass is 10.0. The van der Waals surface area contributed by atoms with E-state index in [1.807, 2.05) is 6.92 Å². The largest absolute Gasteiger partial charge is 0.507 e. The summed E-state index contributed by atoms with van der Waals surface area (Å²) in [5.41, 5.74) is 3.49. The summed E-state index contributed by atoms with van der Waals surface area (Å²) in [7, 11) is 0. The molecule has 28 heavy (non-hydrogen) atoms. The van der Waals surface area contributed by atoms with E-state index in [2.05, 4.69) is 15.2 Å². The highest BCUT2D eigenvalue weighted by Gasteiger charge is 2.48. The number of hydrogen-bond donors (Lipinski definition) is 1. The quantitative estimate of drug-likeness (QED) is 0.389. The Morgan fingerprint density at radius 2 is 2.00 bits per heavy atom. The number of Topliss-reactive ketones (excluding diaryl/α,β-unsaturated/α-hetero) is 1. The molecule has 1 unspecified atom stereocenters. The van der Waals surface area contributed by atoms with Gasteiger partial charge in [-0.15, -0.1) is 21.5 Å². The van der Waals surface area contributed by atoms with Crippen LogP contribution in [0.25, 0.3) is 5.76 Å². The van der Waals surface area contributed by atoms with Crippen molar-refractivity contribution in [3.63, 3.8) is 0 Å². The van der Waals surface area contributed by atoms with Crippen LogP contribution in [0.4, 0.5) is 5.13 Å². The molecule has 1 amide bonds. The molecule has 1 N–H and O–H groups in total. The van der Waals surface area contributed by atoms with Crippen molar-refractivity contribution in [1.29, 1.82) is 0 Å². The van der Waals surface area contributed by atoms with Gasteiger partial charge in [-0.3, -0.25) is 19.5 Å². The Morgan fingerprint density at radius 1 is 1.21 bits per heavy atom. The summed E-state index contributed by atoms with van der Waals surface area (Å²) >= 11 is 2.42. The lowest BCUT2D eigenvalue weighted by molar-refractivity contribution is -0.132. The summed E-state index contributed by atoms with van der Waals surface area (Å²) in [5, 5.41) is 18.9. The Kier molecular flexibility index (Phi) is 4.88. The van der Waals surface area contributed by atoms with E-state index in [4.69, 9.17) is 4.74 Å². The predicted octanol–water partition coefficient (Wildman–Crippen LogP) is 3.02. The van der Waals surface area contributed by atoms with Crippen molar-refractivity contribution in [3.8, 4) is 5.75 Å². The third-order valence-electron chi connectivity index (χ3n) is 4.16. The first-order valence-electron chi connectivity index (χ1n) is 8.30. The Bertz CT molecular complexity index is 1030. The van der Waals surface area contributed by atoms with E-state index in [1.165, 1.54) is 21.7 Å². The van der Waals surface area contributed by atoms with Gasteiger partial charge in [0.25, 0.3) is 5.78 Å². The number of aromatic nitrogens is 3. The normalized spacial score (nSPS) is 18.6. The Morgan fingerprint density at radius 3 is 2.61 bits per heavy atom. The van der Waals surface area contributed by atoms with Crippen LogP contribution in [0.5, 0.6) is 5.75 Å². The van der Waals surface area contributed by atoms with E-state index in [-0.39, 0.29) is 16.5 Å². The molecule has 1 atom stereocenters. The molecule has 1 aromatic carbocycles. The van der Waals surface area contributed by atoms with Crippen LogP contribution in [0.3, 0.4) is 0 Å². The second kappa shape index (κ2) is 7.49. The van der Waals surface area contributed by atoms with Gasteiger partial charge in [-0.25, -0.2) is 0 Å². The van der Waals surface area contributed by atoms with Crippen LogP contribution in [0.1, 0.15) is 23.4 Å². The average Bonchev–Trinajstić information content (AvgIpc) is 3.44. The minimum absolute atomic E-state index is 0.00592. The maximum Gasteiger partial charge on any atom is 0.301 e. The minimum Gasteiger partial charge on any atom is -0.507 e. The number of anilines is 1. The van der Waals surface area contributed by atoms with Crippen molar-refractivity contribution < 1.29 is 19.4 Å². The lowest BCUT2D eigenvalue weighted by Crippen LogP contribution is -2.29. The van der Waals surface area contributed by atoms with Crippen molar-refractivity contribution in [2.45, 2.75) is 13.0 Å². The maximum atomic E-state index is 12.8. The fourth-order valence-corrected chi connectivity index (χ4v) is 4.27. The molecular formula is C18H14N4O4S2. The lowest BCUT2D eigenvalue weighted by Gasteiger charge is -2.20. The Hall–Kier alpha value is -3.11. The highest BCUT2D eigenvalue weighted by Crippen LogP contribution is 2.43. The van der Waals surface area contributed by atoms with Gasteiger partial charge in [0.15, 0.2) is 0 Å². The van der Waals surface area contributed by atoms with Gasteiger partial charge in [0.05, 0.1) is 22.6 Å². The molecule has 10 heteroatoms. The number of rotatable bonds is 5. The summed E-state index contributed by atoms with van der Waals surface area (Å²) in [6.45, 7) is 2.39. The van der Waals surface area contributed by atoms with Gasteiger partial charge in [-0.1, -0.05) is 11.3 Å². The van der Waals surface area contributed by atoms with Crippen LogP contribution in [-0.4, -0.2) is 38.6 Å². The molecule has 0 spiro atoms. The van der Waals surface area contributed by atoms with Gasteiger partial charge in [0.2, 0.25) is 5.13 Å². The highest BCUT2D eigenvalue weighted by atomic mass is 32.1. The number of carbonyl (C=O) groups is 2. The molecule has 1 fully saturated rings. The fourth-order valence-electron chi connectivity index (χ4n) is 2.96. The zero-order chi connectivity index (χ0) is 19.7. The summed E-state index contributed by atoms with van der Waals surface area (Å²) in [4.78, 5) is 31.5. The van der Waals surface area contributed by atoms with Gasteiger partial charge in [0, 0.05) is 11.8 Å². The zero-order valence-corrected chi connectivity index (χ0v) is 16.2. The van der Waals surface area contributed by atoms with E-state index >= 15 is 0 Å². The predicted molar refractivity (Wildman–Crippen MR) is 104 cm³/mol. The van der Waals surface area contributed by atoms with Crippen LogP contribution in [0.2, 0.25) is 0 Å². The first kappa shape index (κ1) is 18.3. The first-order chi connectivity index (χ1) is 13.6. The number of carbonyl (C=O) groups excluding carboxylic acids is 2. The molecule has 0 radical (unpaired) electrons. The summed E-state index contributed by atoms with van der Waals surface area (Å²) in [6.07, 6.45) is 1.57. The van der Waals surface area contributed by atoms with E-state index in [0.29, 0.717) is 22.8 Å². The van der Waals surface area contributed by atoms with Crippen LogP contribution in [-0.2, 0) is 9.59 Å². The number of aliphatic hydroxyl groups excluding tert-OH is 1. The molecule has 0 bridgehead atoms. The summed E-state index contributed by atoms with van der Waals surface area (Å²) < 4.78 is 5.40. The molecule has 1 aliphatic rings. The average molecular weight is 414 g/mol. The number of amides is 1. The summed E-state index contributed by atoms with van der Waals surface area (Å²) in [5.74, 6) is -1.15. The Balaban J connectivity index is 1.84. The SMILES string of the molecule is CCOc1ccc(/C(O)=C2\C(=O)C(=O)N(c3nncs3)C2c2cncs2)cc1. The zero-order valence-electron chi connectivity index (χ0n) is 14.6. The van der Waals surface area contributed by atoms with Crippen molar-refractivity contribution in [1.82, 2.24) is 15.2 Å². The molecule has 4 rings (SSSR count). The number of ketones is 1. The van der Waals surface area contributed by atoms with Crippen LogP contribution >= 0.6 is 22.7 Å². The minimum atomic E-state index is -0.813. The van der Waals surface area contributed by atoms with E-state index < -0.39 is 17.7 Å². The molecule has 3 aromatic rings. The number of ether oxygens (including phenoxy) is 1. The molecule has 1 saturated heterocycles. The second-order valence-electron chi connectivity index (χ2n) is 5.75.